The molecule has 19 heavy (non-hydrogen) atoms. The first-order valence-electron chi connectivity index (χ1n) is 6.55. The van der Waals surface area contributed by atoms with E-state index >= 15 is 0 Å². The van der Waals surface area contributed by atoms with E-state index in [9.17, 15) is 4.79 Å². The fourth-order valence-corrected chi connectivity index (χ4v) is 2.37. The summed E-state index contributed by atoms with van der Waals surface area (Å²) in [6.07, 6.45) is 1.77. The molecule has 2 heterocycles. The summed E-state index contributed by atoms with van der Waals surface area (Å²) in [5, 5.41) is 2.74. The van der Waals surface area contributed by atoms with Crippen LogP contribution < -0.4 is 10.2 Å². The van der Waals surface area contributed by atoms with Crippen LogP contribution in [-0.2, 0) is 4.79 Å². The van der Waals surface area contributed by atoms with Gasteiger partial charge < -0.3 is 15.1 Å². The first kappa shape index (κ1) is 13.7. The Morgan fingerprint density at radius 3 is 2.89 bits per heavy atom. The third kappa shape index (κ3) is 3.41. The van der Waals surface area contributed by atoms with Crippen molar-refractivity contribution < 1.29 is 4.79 Å². The van der Waals surface area contributed by atoms with Gasteiger partial charge in [0, 0.05) is 39.4 Å². The molecule has 104 valence electrons. The van der Waals surface area contributed by atoms with Crippen LogP contribution in [0.25, 0.3) is 0 Å². The molecule has 1 aliphatic heterocycles. The van der Waals surface area contributed by atoms with E-state index in [1.807, 2.05) is 20.0 Å². The number of anilines is 1. The van der Waals surface area contributed by atoms with Crippen LogP contribution in [0, 0.1) is 12.8 Å². The van der Waals surface area contributed by atoms with Crippen molar-refractivity contribution in [3.05, 3.63) is 18.1 Å². The van der Waals surface area contributed by atoms with Gasteiger partial charge in [0.15, 0.2) is 0 Å². The Bertz CT molecular complexity index is 450. The number of aromatic nitrogens is 2. The van der Waals surface area contributed by atoms with E-state index in [1.165, 1.54) is 0 Å². The molecule has 6 nitrogen and oxygen atoms in total. The number of likely N-dealkylation sites (N-methyl/N-ethyl adjacent to an activating group) is 1. The zero-order chi connectivity index (χ0) is 13.8. The number of hydrogen-bond acceptors (Lipinski definition) is 5. The highest BCUT2D eigenvalue weighted by atomic mass is 16.1. The van der Waals surface area contributed by atoms with E-state index < -0.39 is 0 Å². The molecule has 1 amide bonds. The Kier molecular flexibility index (Phi) is 4.31. The molecule has 0 radical (unpaired) electrons. The standard InChI is InChI=1S/C13H21N5O/c1-10-15-5-4-12(16-10)18-7-6-17(3)8-11(9-18)13(19)14-2/h4-5,11H,6-9H2,1-3H3,(H,14,19)/t11-/m0/s1. The molecule has 1 saturated heterocycles. The molecular formula is C13H21N5O. The predicted molar refractivity (Wildman–Crippen MR) is 74.0 cm³/mol. The minimum absolute atomic E-state index is 0.0345. The maximum atomic E-state index is 11.9. The SMILES string of the molecule is CNC(=O)[C@H]1CN(C)CCN(c2ccnc(C)n2)C1. The lowest BCUT2D eigenvalue weighted by Gasteiger charge is -2.24. The van der Waals surface area contributed by atoms with Gasteiger partial charge in [-0.05, 0) is 20.0 Å². The van der Waals surface area contributed by atoms with E-state index in [1.54, 1.807) is 13.2 Å². The van der Waals surface area contributed by atoms with Crippen LogP contribution >= 0.6 is 0 Å². The lowest BCUT2D eigenvalue weighted by molar-refractivity contribution is -0.124. The first-order chi connectivity index (χ1) is 9.10. The molecule has 1 N–H and O–H groups in total. The van der Waals surface area contributed by atoms with Gasteiger partial charge in [-0.1, -0.05) is 0 Å². The van der Waals surface area contributed by atoms with Gasteiger partial charge >= 0.3 is 0 Å². The van der Waals surface area contributed by atoms with Gasteiger partial charge in [0.2, 0.25) is 5.91 Å². The number of nitrogens with one attached hydrogen (secondary N) is 1. The number of aryl methyl sites for hydroxylation is 1. The molecule has 0 bridgehead atoms. The maximum absolute atomic E-state index is 11.9. The minimum atomic E-state index is -0.0345. The normalized spacial score (nSPS) is 21.0. The Hall–Kier alpha value is -1.69. The molecule has 0 unspecified atom stereocenters. The van der Waals surface area contributed by atoms with Crippen LogP contribution in [-0.4, -0.2) is 61.0 Å². The van der Waals surface area contributed by atoms with Crippen LogP contribution in [0.2, 0.25) is 0 Å². The van der Waals surface area contributed by atoms with Gasteiger partial charge in [0.25, 0.3) is 0 Å². The van der Waals surface area contributed by atoms with Crippen LogP contribution in [0.4, 0.5) is 5.82 Å². The molecule has 2 rings (SSSR count). The summed E-state index contributed by atoms with van der Waals surface area (Å²) in [6, 6.07) is 1.90. The summed E-state index contributed by atoms with van der Waals surface area (Å²) in [4.78, 5) is 24.8. The van der Waals surface area contributed by atoms with E-state index in [-0.39, 0.29) is 11.8 Å². The molecule has 0 aliphatic carbocycles. The number of nitrogens with zero attached hydrogens (tertiary/aromatic N) is 4. The molecule has 0 saturated carbocycles. The summed E-state index contributed by atoms with van der Waals surface area (Å²) in [5.74, 6) is 1.71. The highest BCUT2D eigenvalue weighted by Crippen LogP contribution is 2.16. The highest BCUT2D eigenvalue weighted by Gasteiger charge is 2.26. The second kappa shape index (κ2) is 5.97. The molecule has 1 aromatic rings. The van der Waals surface area contributed by atoms with E-state index in [0.717, 1.165) is 31.3 Å². The number of carbonyl (C=O) groups is 1. The quantitative estimate of drug-likeness (QED) is 0.807. The summed E-state index contributed by atoms with van der Waals surface area (Å²) >= 11 is 0. The van der Waals surface area contributed by atoms with Crippen LogP contribution in [0.5, 0.6) is 0 Å². The molecule has 1 aromatic heterocycles. The van der Waals surface area contributed by atoms with Gasteiger partial charge in [0.05, 0.1) is 5.92 Å². The second-order valence-electron chi connectivity index (χ2n) is 4.98. The van der Waals surface area contributed by atoms with Crippen molar-refractivity contribution in [2.24, 2.45) is 5.92 Å². The van der Waals surface area contributed by atoms with Crippen molar-refractivity contribution in [2.75, 3.05) is 45.2 Å². The van der Waals surface area contributed by atoms with Crippen molar-refractivity contribution in [3.8, 4) is 0 Å². The highest BCUT2D eigenvalue weighted by molar-refractivity contribution is 5.79. The smallest absolute Gasteiger partial charge is 0.225 e. The van der Waals surface area contributed by atoms with Gasteiger partial charge in [0.1, 0.15) is 11.6 Å². The number of hydrogen-bond donors (Lipinski definition) is 1. The third-order valence-electron chi connectivity index (χ3n) is 3.43. The lowest BCUT2D eigenvalue weighted by Crippen LogP contribution is -2.39. The van der Waals surface area contributed by atoms with Crippen molar-refractivity contribution in [1.82, 2.24) is 20.2 Å². The van der Waals surface area contributed by atoms with Crippen molar-refractivity contribution in [2.45, 2.75) is 6.92 Å². The van der Waals surface area contributed by atoms with Crippen LogP contribution in [0.1, 0.15) is 5.82 Å². The van der Waals surface area contributed by atoms with Crippen LogP contribution in [0.15, 0.2) is 12.3 Å². The predicted octanol–water partition coefficient (Wildman–Crippen LogP) is -0.101. The van der Waals surface area contributed by atoms with Gasteiger partial charge in [-0.25, -0.2) is 9.97 Å². The Labute approximate surface area is 113 Å². The van der Waals surface area contributed by atoms with Gasteiger partial charge in [-0.3, -0.25) is 4.79 Å². The largest absolute Gasteiger partial charge is 0.359 e. The average molecular weight is 263 g/mol. The summed E-state index contributed by atoms with van der Waals surface area (Å²) in [5.41, 5.74) is 0. The zero-order valence-corrected chi connectivity index (χ0v) is 11.8. The summed E-state index contributed by atoms with van der Waals surface area (Å²) in [7, 11) is 3.73. The molecule has 1 atom stereocenters. The van der Waals surface area contributed by atoms with E-state index in [2.05, 4.69) is 25.1 Å². The average Bonchev–Trinajstić information content (AvgIpc) is 2.60. The van der Waals surface area contributed by atoms with Gasteiger partial charge in [-0.15, -0.1) is 0 Å². The molecule has 0 aromatic carbocycles. The molecule has 1 fully saturated rings. The molecular weight excluding hydrogens is 242 g/mol. The molecule has 6 heteroatoms. The third-order valence-corrected chi connectivity index (χ3v) is 3.43. The zero-order valence-electron chi connectivity index (χ0n) is 11.8. The lowest BCUT2D eigenvalue weighted by atomic mass is 10.1. The van der Waals surface area contributed by atoms with Crippen molar-refractivity contribution in [3.63, 3.8) is 0 Å². The first-order valence-corrected chi connectivity index (χ1v) is 6.55. The number of amides is 1. The minimum Gasteiger partial charge on any atom is -0.359 e. The van der Waals surface area contributed by atoms with Crippen molar-refractivity contribution in [1.29, 1.82) is 0 Å². The van der Waals surface area contributed by atoms with Crippen molar-refractivity contribution >= 4 is 11.7 Å². The Balaban J connectivity index is 2.18. The molecule has 0 spiro atoms. The Morgan fingerprint density at radius 1 is 1.42 bits per heavy atom. The van der Waals surface area contributed by atoms with Crippen LogP contribution in [0.3, 0.4) is 0 Å². The Morgan fingerprint density at radius 2 is 2.21 bits per heavy atom. The monoisotopic (exact) mass is 263 g/mol. The second-order valence-corrected chi connectivity index (χ2v) is 4.98. The van der Waals surface area contributed by atoms with E-state index in [0.29, 0.717) is 6.54 Å². The fraction of sp³-hybridized carbons (Fsp3) is 0.615. The number of carbonyl (C=O) groups excluding carboxylic acids is 1. The number of rotatable bonds is 2. The fourth-order valence-electron chi connectivity index (χ4n) is 2.37. The topological polar surface area (TPSA) is 61.4 Å². The van der Waals surface area contributed by atoms with Gasteiger partial charge in [-0.2, -0.15) is 0 Å². The molecule has 1 aliphatic rings. The summed E-state index contributed by atoms with van der Waals surface area (Å²) < 4.78 is 0. The van der Waals surface area contributed by atoms with E-state index in [4.69, 9.17) is 0 Å². The summed E-state index contributed by atoms with van der Waals surface area (Å²) in [6.45, 7) is 5.15. The maximum Gasteiger partial charge on any atom is 0.225 e.